The quantitative estimate of drug-likeness (QED) is 0.736. The predicted molar refractivity (Wildman–Crippen MR) is 82.2 cm³/mol. The fraction of sp³-hybridized carbons (Fsp3) is 0.533. The third-order valence-corrected chi connectivity index (χ3v) is 3.59. The van der Waals surface area contributed by atoms with Gasteiger partial charge < -0.3 is 10.1 Å². The predicted octanol–water partition coefficient (Wildman–Crippen LogP) is 3.73. The summed E-state index contributed by atoms with van der Waals surface area (Å²) in [6.07, 6.45) is -3.70. The average Bonchev–Trinajstić information content (AvgIpc) is 2.41. The van der Waals surface area contributed by atoms with Gasteiger partial charge in [-0.25, -0.2) is 0 Å². The van der Waals surface area contributed by atoms with Crippen LogP contribution in [0.4, 0.5) is 13.2 Å². The minimum atomic E-state index is -4.36. The number of carbonyl (C=O) groups excluding carboxylic acids is 1. The molecule has 0 aliphatic carbocycles. The maximum absolute atomic E-state index is 12.5. The Hall–Kier alpha value is -1.37. The largest absolute Gasteiger partial charge is 0.494 e. The summed E-state index contributed by atoms with van der Waals surface area (Å²) in [5.74, 6) is 1.28. The van der Waals surface area contributed by atoms with E-state index in [-0.39, 0.29) is 17.7 Å². The third kappa shape index (κ3) is 7.59. The molecule has 1 aromatic rings. The molecule has 124 valence electrons. The van der Waals surface area contributed by atoms with Crippen molar-refractivity contribution in [3.63, 3.8) is 0 Å². The van der Waals surface area contributed by atoms with Crippen LogP contribution in [0, 0.1) is 0 Å². The van der Waals surface area contributed by atoms with E-state index in [1.165, 1.54) is 23.9 Å². The first-order chi connectivity index (χ1) is 10.3. The number of alkyl halides is 3. The Morgan fingerprint density at radius 3 is 2.73 bits per heavy atom. The van der Waals surface area contributed by atoms with Crippen LogP contribution in [0.2, 0.25) is 0 Å². The van der Waals surface area contributed by atoms with Gasteiger partial charge in [-0.15, -0.1) is 0 Å². The number of rotatable bonds is 8. The minimum Gasteiger partial charge on any atom is -0.494 e. The summed E-state index contributed by atoms with van der Waals surface area (Å²) in [6.45, 7) is 4.11. The van der Waals surface area contributed by atoms with Gasteiger partial charge in [0.05, 0.1) is 17.9 Å². The van der Waals surface area contributed by atoms with Crippen molar-refractivity contribution in [1.29, 1.82) is 0 Å². The van der Waals surface area contributed by atoms with E-state index in [9.17, 15) is 18.0 Å². The highest BCUT2D eigenvalue weighted by Gasteiger charge is 2.30. The number of carbonyl (C=O) groups is 1. The van der Waals surface area contributed by atoms with Crippen molar-refractivity contribution in [2.45, 2.75) is 32.5 Å². The second-order valence-electron chi connectivity index (χ2n) is 5.00. The number of thioether (sulfide) groups is 1. The molecule has 22 heavy (non-hydrogen) atoms. The molecule has 0 aliphatic heterocycles. The second-order valence-corrected chi connectivity index (χ2v) is 6.11. The maximum Gasteiger partial charge on any atom is 0.416 e. The number of halogens is 3. The molecule has 0 heterocycles. The molecule has 1 aromatic carbocycles. The van der Waals surface area contributed by atoms with E-state index in [0.29, 0.717) is 24.5 Å². The van der Waals surface area contributed by atoms with E-state index in [2.05, 4.69) is 5.32 Å². The number of hydrogen-bond donors (Lipinski definition) is 1. The second kappa shape index (κ2) is 8.92. The highest BCUT2D eigenvalue weighted by Crippen LogP contribution is 2.31. The van der Waals surface area contributed by atoms with Crippen molar-refractivity contribution in [2.75, 3.05) is 18.1 Å². The van der Waals surface area contributed by atoms with Gasteiger partial charge in [0.2, 0.25) is 5.91 Å². The van der Waals surface area contributed by atoms with Gasteiger partial charge >= 0.3 is 6.18 Å². The lowest BCUT2D eigenvalue weighted by Gasteiger charge is -2.10. The van der Waals surface area contributed by atoms with Crippen LogP contribution in [0.25, 0.3) is 0 Å². The Labute approximate surface area is 132 Å². The molecule has 0 aromatic heterocycles. The van der Waals surface area contributed by atoms with Crippen molar-refractivity contribution in [2.24, 2.45) is 0 Å². The van der Waals surface area contributed by atoms with Crippen molar-refractivity contribution in [3.8, 4) is 5.75 Å². The summed E-state index contributed by atoms with van der Waals surface area (Å²) >= 11 is 1.47. The molecule has 0 atom stereocenters. The molecular formula is C15H20F3NO2S. The summed E-state index contributed by atoms with van der Waals surface area (Å²) in [7, 11) is 0. The molecule has 0 saturated heterocycles. The minimum absolute atomic E-state index is 0.0150. The third-order valence-electron chi connectivity index (χ3n) is 2.55. The van der Waals surface area contributed by atoms with Crippen LogP contribution < -0.4 is 10.1 Å². The summed E-state index contributed by atoms with van der Waals surface area (Å²) in [4.78, 5) is 11.4. The zero-order valence-electron chi connectivity index (χ0n) is 12.6. The fourth-order valence-corrected chi connectivity index (χ4v) is 2.38. The highest BCUT2D eigenvalue weighted by molar-refractivity contribution is 7.99. The number of ether oxygens (including phenoxy) is 1. The Balaban J connectivity index is 2.21. The van der Waals surface area contributed by atoms with Crippen molar-refractivity contribution in [1.82, 2.24) is 5.32 Å². The van der Waals surface area contributed by atoms with Crippen molar-refractivity contribution < 1.29 is 22.7 Å². The van der Waals surface area contributed by atoms with Crippen LogP contribution in [0.15, 0.2) is 24.3 Å². The molecule has 1 rings (SSSR count). The van der Waals surface area contributed by atoms with Gasteiger partial charge in [0.25, 0.3) is 0 Å². The van der Waals surface area contributed by atoms with Crippen LogP contribution in [0.5, 0.6) is 5.75 Å². The lowest BCUT2D eigenvalue weighted by molar-refractivity contribution is -0.137. The Kier molecular flexibility index (Phi) is 7.58. The topological polar surface area (TPSA) is 38.3 Å². The van der Waals surface area contributed by atoms with E-state index in [4.69, 9.17) is 4.74 Å². The zero-order valence-corrected chi connectivity index (χ0v) is 13.4. The van der Waals surface area contributed by atoms with Gasteiger partial charge in [0, 0.05) is 6.04 Å². The van der Waals surface area contributed by atoms with Gasteiger partial charge in [-0.1, -0.05) is 6.07 Å². The molecule has 1 amide bonds. The first-order valence-corrected chi connectivity index (χ1v) is 8.11. The molecule has 0 bridgehead atoms. The molecule has 0 unspecified atom stereocenters. The molecule has 0 fully saturated rings. The SMILES string of the molecule is CC(C)NC(=O)CSCCCOc1cccc(C(F)(F)F)c1. The van der Waals surface area contributed by atoms with E-state index >= 15 is 0 Å². The molecular weight excluding hydrogens is 315 g/mol. The van der Waals surface area contributed by atoms with Crippen LogP contribution in [-0.4, -0.2) is 30.1 Å². The van der Waals surface area contributed by atoms with Gasteiger partial charge in [-0.2, -0.15) is 24.9 Å². The molecule has 0 radical (unpaired) electrons. The molecule has 7 heteroatoms. The Morgan fingerprint density at radius 2 is 2.09 bits per heavy atom. The smallest absolute Gasteiger partial charge is 0.416 e. The lowest BCUT2D eigenvalue weighted by Crippen LogP contribution is -2.31. The first kappa shape index (κ1) is 18.7. The fourth-order valence-electron chi connectivity index (χ4n) is 1.64. The lowest BCUT2D eigenvalue weighted by atomic mass is 10.2. The van der Waals surface area contributed by atoms with Crippen LogP contribution in [-0.2, 0) is 11.0 Å². The Bertz CT molecular complexity index is 478. The van der Waals surface area contributed by atoms with E-state index < -0.39 is 11.7 Å². The first-order valence-electron chi connectivity index (χ1n) is 6.96. The number of amides is 1. The summed E-state index contributed by atoms with van der Waals surface area (Å²) < 4.78 is 42.9. The van der Waals surface area contributed by atoms with E-state index in [0.717, 1.165) is 12.1 Å². The summed E-state index contributed by atoms with van der Waals surface area (Å²) in [6, 6.07) is 4.94. The summed E-state index contributed by atoms with van der Waals surface area (Å²) in [5, 5.41) is 2.78. The van der Waals surface area contributed by atoms with Gasteiger partial charge in [0.1, 0.15) is 5.75 Å². The summed E-state index contributed by atoms with van der Waals surface area (Å²) in [5.41, 5.74) is -0.718. The standard InChI is InChI=1S/C15H20F3NO2S/c1-11(2)19-14(20)10-22-8-4-7-21-13-6-3-5-12(9-13)15(16,17)18/h3,5-6,9,11H,4,7-8,10H2,1-2H3,(H,19,20). The van der Waals surface area contributed by atoms with Gasteiger partial charge in [-0.05, 0) is 44.2 Å². The zero-order chi connectivity index (χ0) is 16.6. The number of hydrogen-bond acceptors (Lipinski definition) is 3. The van der Waals surface area contributed by atoms with Gasteiger partial charge in [-0.3, -0.25) is 4.79 Å². The molecule has 0 spiro atoms. The van der Waals surface area contributed by atoms with E-state index in [1.54, 1.807) is 0 Å². The van der Waals surface area contributed by atoms with Crippen LogP contribution in [0.3, 0.4) is 0 Å². The molecule has 0 saturated carbocycles. The van der Waals surface area contributed by atoms with Crippen molar-refractivity contribution >= 4 is 17.7 Å². The average molecular weight is 335 g/mol. The maximum atomic E-state index is 12.5. The van der Waals surface area contributed by atoms with Crippen molar-refractivity contribution in [3.05, 3.63) is 29.8 Å². The monoisotopic (exact) mass is 335 g/mol. The van der Waals surface area contributed by atoms with E-state index in [1.807, 2.05) is 13.8 Å². The molecule has 3 nitrogen and oxygen atoms in total. The number of benzene rings is 1. The highest BCUT2D eigenvalue weighted by atomic mass is 32.2. The van der Waals surface area contributed by atoms with Crippen LogP contribution in [0.1, 0.15) is 25.8 Å². The van der Waals surface area contributed by atoms with Gasteiger partial charge in [0.15, 0.2) is 0 Å². The molecule has 0 aliphatic rings. The Morgan fingerprint density at radius 1 is 1.36 bits per heavy atom. The van der Waals surface area contributed by atoms with Crippen LogP contribution >= 0.6 is 11.8 Å². The molecule has 1 N–H and O–H groups in total. The normalized spacial score (nSPS) is 11.5. The number of nitrogens with one attached hydrogen (secondary N) is 1.